The molecule has 18 heavy (non-hydrogen) atoms. The van der Waals surface area contributed by atoms with Crippen molar-refractivity contribution in [1.82, 2.24) is 9.80 Å². The Hall–Kier alpha value is -1.52. The third-order valence-corrected chi connectivity index (χ3v) is 3.33. The molecule has 0 atom stereocenters. The summed E-state index contributed by atoms with van der Waals surface area (Å²) in [6, 6.07) is -0.201. The van der Waals surface area contributed by atoms with Crippen molar-refractivity contribution in [3.8, 4) is 0 Å². The van der Waals surface area contributed by atoms with Gasteiger partial charge in [0, 0.05) is 19.6 Å². The number of likely N-dealkylation sites (tertiary alicyclic amines) is 1. The highest BCUT2D eigenvalue weighted by atomic mass is 16.4. The fraction of sp³-hybridized carbons (Fsp3) is 0.692. The minimum Gasteiger partial charge on any atom is -0.480 e. The number of hydrogen-bond donors (Lipinski definition) is 1. The summed E-state index contributed by atoms with van der Waals surface area (Å²) in [5.41, 5.74) is 0.271. The first-order valence-corrected chi connectivity index (χ1v) is 6.22. The van der Waals surface area contributed by atoms with Crippen LogP contribution in [0.2, 0.25) is 0 Å². The number of urea groups is 1. The number of carbonyl (C=O) groups excluding carboxylic acids is 1. The van der Waals surface area contributed by atoms with Crippen molar-refractivity contribution in [2.45, 2.75) is 26.7 Å². The van der Waals surface area contributed by atoms with E-state index in [2.05, 4.69) is 20.4 Å². The number of piperidine rings is 1. The maximum atomic E-state index is 12.2. The molecule has 1 rings (SSSR count). The summed E-state index contributed by atoms with van der Waals surface area (Å²) in [4.78, 5) is 26.0. The topological polar surface area (TPSA) is 60.9 Å². The van der Waals surface area contributed by atoms with Crippen molar-refractivity contribution in [2.24, 2.45) is 5.41 Å². The van der Waals surface area contributed by atoms with E-state index in [0.717, 1.165) is 12.8 Å². The molecule has 1 aliphatic heterocycles. The molecular weight excluding hydrogens is 232 g/mol. The maximum Gasteiger partial charge on any atom is 0.323 e. The van der Waals surface area contributed by atoms with Gasteiger partial charge in [0.05, 0.1) is 0 Å². The molecule has 1 N–H and O–H groups in total. The first-order valence-electron chi connectivity index (χ1n) is 6.22. The van der Waals surface area contributed by atoms with Crippen LogP contribution in [0, 0.1) is 5.41 Å². The Morgan fingerprint density at radius 3 is 2.39 bits per heavy atom. The average molecular weight is 254 g/mol. The van der Waals surface area contributed by atoms with E-state index in [4.69, 9.17) is 5.11 Å². The highest BCUT2D eigenvalue weighted by Gasteiger charge is 2.30. The second-order valence-electron chi connectivity index (χ2n) is 5.50. The molecule has 1 saturated heterocycles. The van der Waals surface area contributed by atoms with E-state index in [0.29, 0.717) is 13.1 Å². The van der Waals surface area contributed by atoms with Gasteiger partial charge in [-0.15, -0.1) is 6.58 Å². The van der Waals surface area contributed by atoms with E-state index in [9.17, 15) is 9.59 Å². The molecule has 1 fully saturated rings. The normalized spacial score (nSPS) is 18.2. The fourth-order valence-electron chi connectivity index (χ4n) is 2.03. The van der Waals surface area contributed by atoms with Gasteiger partial charge in [0.25, 0.3) is 0 Å². The molecule has 0 unspecified atom stereocenters. The Bertz CT molecular complexity index is 329. The Morgan fingerprint density at radius 1 is 1.39 bits per heavy atom. The largest absolute Gasteiger partial charge is 0.480 e. The van der Waals surface area contributed by atoms with E-state index in [1.165, 1.54) is 4.90 Å². The summed E-state index contributed by atoms with van der Waals surface area (Å²) in [5.74, 6) is -0.998. The predicted molar refractivity (Wildman–Crippen MR) is 69.4 cm³/mol. The van der Waals surface area contributed by atoms with Gasteiger partial charge in [-0.05, 0) is 18.3 Å². The lowest BCUT2D eigenvalue weighted by Crippen LogP contribution is -2.49. The zero-order valence-electron chi connectivity index (χ0n) is 11.2. The van der Waals surface area contributed by atoms with Gasteiger partial charge in [0.15, 0.2) is 0 Å². The van der Waals surface area contributed by atoms with E-state index in [-0.39, 0.29) is 24.5 Å². The summed E-state index contributed by atoms with van der Waals surface area (Å²) >= 11 is 0. The van der Waals surface area contributed by atoms with Gasteiger partial charge in [-0.3, -0.25) is 4.79 Å². The molecule has 0 aliphatic carbocycles. The van der Waals surface area contributed by atoms with Gasteiger partial charge in [-0.2, -0.15) is 0 Å². The van der Waals surface area contributed by atoms with Crippen LogP contribution in [0.3, 0.4) is 0 Å². The number of rotatable bonds is 4. The van der Waals surface area contributed by atoms with Crippen molar-refractivity contribution in [3.05, 3.63) is 12.7 Å². The van der Waals surface area contributed by atoms with Crippen LogP contribution in [0.1, 0.15) is 26.7 Å². The number of aliphatic carboxylic acids is 1. The maximum absolute atomic E-state index is 12.2. The highest BCUT2D eigenvalue weighted by Crippen LogP contribution is 2.30. The van der Waals surface area contributed by atoms with Crippen LogP contribution in [-0.4, -0.2) is 53.1 Å². The molecule has 0 aromatic carbocycles. The highest BCUT2D eigenvalue weighted by molar-refractivity contribution is 5.80. The zero-order chi connectivity index (χ0) is 13.8. The molecular formula is C13H22N2O3. The monoisotopic (exact) mass is 254 g/mol. The Labute approximate surface area is 108 Å². The molecule has 5 nitrogen and oxygen atoms in total. The Kier molecular flexibility index (Phi) is 4.76. The summed E-state index contributed by atoms with van der Waals surface area (Å²) in [6.07, 6.45) is 3.45. The number of hydrogen-bond acceptors (Lipinski definition) is 2. The second kappa shape index (κ2) is 5.89. The molecule has 102 valence electrons. The van der Waals surface area contributed by atoms with Crippen LogP contribution >= 0.6 is 0 Å². The summed E-state index contributed by atoms with van der Waals surface area (Å²) in [7, 11) is 0. The molecule has 2 amide bonds. The van der Waals surface area contributed by atoms with Crippen LogP contribution in [0.4, 0.5) is 4.79 Å². The van der Waals surface area contributed by atoms with Gasteiger partial charge >= 0.3 is 12.0 Å². The quantitative estimate of drug-likeness (QED) is 0.778. The molecule has 0 bridgehead atoms. The minimum absolute atomic E-state index is 0.201. The van der Waals surface area contributed by atoms with E-state index < -0.39 is 5.97 Å². The average Bonchev–Trinajstić information content (AvgIpc) is 2.27. The number of carbonyl (C=O) groups is 2. The predicted octanol–water partition coefficient (Wildman–Crippen LogP) is 1.80. The van der Waals surface area contributed by atoms with Crippen molar-refractivity contribution < 1.29 is 14.7 Å². The first-order chi connectivity index (χ1) is 8.35. The van der Waals surface area contributed by atoms with Crippen molar-refractivity contribution in [2.75, 3.05) is 26.2 Å². The minimum atomic E-state index is -0.998. The van der Waals surface area contributed by atoms with Gasteiger partial charge in [0.2, 0.25) is 0 Å². The third kappa shape index (κ3) is 4.05. The Balaban J connectivity index is 2.60. The summed E-state index contributed by atoms with van der Waals surface area (Å²) < 4.78 is 0. The van der Waals surface area contributed by atoms with Gasteiger partial charge in [-0.1, -0.05) is 19.9 Å². The number of nitrogens with zero attached hydrogens (tertiary/aromatic N) is 2. The lowest BCUT2D eigenvalue weighted by Gasteiger charge is -2.38. The van der Waals surface area contributed by atoms with E-state index >= 15 is 0 Å². The molecule has 0 saturated carbocycles. The summed E-state index contributed by atoms with van der Waals surface area (Å²) in [5, 5.41) is 8.79. The van der Waals surface area contributed by atoms with Crippen LogP contribution in [0.5, 0.6) is 0 Å². The number of amides is 2. The van der Waals surface area contributed by atoms with E-state index in [1.807, 2.05) is 0 Å². The SMILES string of the molecule is C=CCN(CC(=O)O)C(=O)N1CCC(C)(C)CC1. The van der Waals surface area contributed by atoms with Gasteiger partial charge in [-0.25, -0.2) is 4.79 Å². The second-order valence-corrected chi connectivity index (χ2v) is 5.50. The number of carboxylic acid groups (broad SMARTS) is 1. The summed E-state index contributed by atoms with van der Waals surface area (Å²) in [6.45, 7) is 9.31. The third-order valence-electron chi connectivity index (χ3n) is 3.33. The first kappa shape index (κ1) is 14.5. The van der Waals surface area contributed by atoms with Gasteiger partial charge < -0.3 is 14.9 Å². The molecule has 0 radical (unpaired) electrons. The lowest BCUT2D eigenvalue weighted by atomic mass is 9.83. The molecule has 5 heteroatoms. The standard InChI is InChI=1S/C13H22N2O3/c1-4-7-15(10-11(16)17)12(18)14-8-5-13(2,3)6-9-14/h4H,1,5-10H2,2-3H3,(H,16,17). The molecule has 1 heterocycles. The zero-order valence-corrected chi connectivity index (χ0v) is 11.2. The van der Waals surface area contributed by atoms with Crippen LogP contribution in [0.25, 0.3) is 0 Å². The van der Waals surface area contributed by atoms with Crippen LogP contribution < -0.4 is 0 Å². The lowest BCUT2D eigenvalue weighted by molar-refractivity contribution is -0.137. The fourth-order valence-corrected chi connectivity index (χ4v) is 2.03. The Morgan fingerprint density at radius 2 is 1.94 bits per heavy atom. The molecule has 0 spiro atoms. The van der Waals surface area contributed by atoms with Gasteiger partial charge in [0.1, 0.15) is 6.54 Å². The van der Waals surface area contributed by atoms with Crippen LogP contribution in [0.15, 0.2) is 12.7 Å². The van der Waals surface area contributed by atoms with Crippen molar-refractivity contribution in [3.63, 3.8) is 0 Å². The smallest absolute Gasteiger partial charge is 0.323 e. The molecule has 0 aromatic rings. The molecule has 1 aliphatic rings. The van der Waals surface area contributed by atoms with Crippen molar-refractivity contribution in [1.29, 1.82) is 0 Å². The van der Waals surface area contributed by atoms with Crippen molar-refractivity contribution >= 4 is 12.0 Å². The van der Waals surface area contributed by atoms with Crippen LogP contribution in [-0.2, 0) is 4.79 Å². The number of carboxylic acids is 1. The molecule has 0 aromatic heterocycles. The van der Waals surface area contributed by atoms with E-state index in [1.54, 1.807) is 11.0 Å².